The van der Waals surface area contributed by atoms with E-state index in [4.69, 9.17) is 4.74 Å². The smallest absolute Gasteiger partial charge is 0.410 e. The number of carbonyl (C=O) groups excluding carboxylic acids is 1. The van der Waals surface area contributed by atoms with E-state index in [0.717, 1.165) is 19.5 Å². The van der Waals surface area contributed by atoms with Crippen LogP contribution in [0.3, 0.4) is 0 Å². The molecule has 1 rings (SSSR count). The normalized spacial score (nSPS) is 25.9. The van der Waals surface area contributed by atoms with E-state index in [1.807, 2.05) is 27.8 Å². The van der Waals surface area contributed by atoms with E-state index in [0.29, 0.717) is 12.0 Å². The fraction of sp³-hybridized carbons (Fsp3) is 0.917. The molecule has 1 N–H and O–H groups in total. The fourth-order valence-electron chi connectivity index (χ4n) is 2.09. The number of amides is 1. The maximum atomic E-state index is 11.9. The molecule has 4 nitrogen and oxygen atoms in total. The maximum absolute atomic E-state index is 11.9. The number of likely N-dealkylation sites (tertiary alicyclic amines) is 1. The lowest BCUT2D eigenvalue weighted by atomic mass is 10.0. The minimum Gasteiger partial charge on any atom is -0.444 e. The Morgan fingerprint density at radius 2 is 2.06 bits per heavy atom. The largest absolute Gasteiger partial charge is 0.444 e. The second-order valence-corrected chi connectivity index (χ2v) is 5.45. The third kappa shape index (κ3) is 3.37. The van der Waals surface area contributed by atoms with Gasteiger partial charge in [-0.1, -0.05) is 13.3 Å². The highest BCUT2D eigenvalue weighted by atomic mass is 16.6. The first-order valence-corrected chi connectivity index (χ1v) is 6.02. The Morgan fingerprint density at radius 1 is 1.44 bits per heavy atom. The lowest BCUT2D eigenvalue weighted by Gasteiger charge is -2.24. The van der Waals surface area contributed by atoms with E-state index in [1.54, 1.807) is 4.90 Å². The van der Waals surface area contributed by atoms with Gasteiger partial charge in [0.2, 0.25) is 0 Å². The summed E-state index contributed by atoms with van der Waals surface area (Å²) in [6, 6.07) is 0.400. The second kappa shape index (κ2) is 5.04. The van der Waals surface area contributed by atoms with E-state index in [2.05, 4.69) is 12.2 Å². The van der Waals surface area contributed by atoms with Crippen LogP contribution in [0.15, 0.2) is 0 Å². The van der Waals surface area contributed by atoms with Crippen molar-refractivity contribution in [2.24, 2.45) is 5.92 Å². The van der Waals surface area contributed by atoms with Crippen LogP contribution < -0.4 is 5.32 Å². The monoisotopic (exact) mass is 228 g/mol. The van der Waals surface area contributed by atoms with Gasteiger partial charge in [-0.2, -0.15) is 0 Å². The van der Waals surface area contributed by atoms with Gasteiger partial charge < -0.3 is 15.0 Å². The molecule has 1 aliphatic rings. The number of likely N-dealkylation sites (N-methyl/N-ethyl adjacent to an activating group) is 1. The number of rotatable bonds is 2. The molecule has 4 heteroatoms. The Balaban J connectivity index is 2.54. The van der Waals surface area contributed by atoms with Crippen molar-refractivity contribution in [2.75, 3.05) is 20.1 Å². The van der Waals surface area contributed by atoms with Crippen LogP contribution in [0, 0.1) is 5.92 Å². The average molecular weight is 228 g/mol. The van der Waals surface area contributed by atoms with Crippen LogP contribution in [0.5, 0.6) is 0 Å². The summed E-state index contributed by atoms with van der Waals surface area (Å²) in [7, 11) is 1.95. The Labute approximate surface area is 98.3 Å². The summed E-state index contributed by atoms with van der Waals surface area (Å²) in [4.78, 5) is 13.7. The molecule has 0 aromatic rings. The third-order valence-corrected chi connectivity index (χ3v) is 2.99. The molecule has 0 aromatic carbocycles. The van der Waals surface area contributed by atoms with Gasteiger partial charge in [-0.3, -0.25) is 0 Å². The molecule has 0 bridgehead atoms. The van der Waals surface area contributed by atoms with Gasteiger partial charge in [-0.25, -0.2) is 4.79 Å². The number of hydrogen-bond acceptors (Lipinski definition) is 3. The van der Waals surface area contributed by atoms with Gasteiger partial charge in [-0.05, 0) is 33.7 Å². The number of ether oxygens (including phenoxy) is 1. The Kier molecular flexibility index (Phi) is 4.19. The lowest BCUT2D eigenvalue weighted by molar-refractivity contribution is 0.0286. The van der Waals surface area contributed by atoms with Crippen LogP contribution in [0.1, 0.15) is 34.1 Å². The molecule has 2 atom stereocenters. The van der Waals surface area contributed by atoms with Crippen molar-refractivity contribution in [3.63, 3.8) is 0 Å². The minimum absolute atomic E-state index is 0.191. The summed E-state index contributed by atoms with van der Waals surface area (Å²) in [6.45, 7) is 9.41. The molecule has 0 aromatic heterocycles. The molecule has 0 spiro atoms. The molecular weight excluding hydrogens is 204 g/mol. The molecule has 0 unspecified atom stereocenters. The standard InChI is InChI=1S/C12H24N2O2/c1-6-9-7-14(8-10(9)13-5)11(15)16-12(2,3)4/h9-10,13H,6-8H2,1-5H3/t9-,10+/m1/s1. The van der Waals surface area contributed by atoms with Crippen molar-refractivity contribution in [1.29, 1.82) is 0 Å². The summed E-state index contributed by atoms with van der Waals surface area (Å²) >= 11 is 0. The number of hydrogen-bond donors (Lipinski definition) is 1. The van der Waals surface area contributed by atoms with E-state index < -0.39 is 5.60 Å². The molecule has 16 heavy (non-hydrogen) atoms. The molecule has 1 saturated heterocycles. The maximum Gasteiger partial charge on any atom is 0.410 e. The van der Waals surface area contributed by atoms with Gasteiger partial charge >= 0.3 is 6.09 Å². The van der Waals surface area contributed by atoms with Gasteiger partial charge in [0.1, 0.15) is 5.60 Å². The van der Waals surface area contributed by atoms with Crippen molar-refractivity contribution in [2.45, 2.75) is 45.8 Å². The first-order valence-electron chi connectivity index (χ1n) is 6.02. The topological polar surface area (TPSA) is 41.6 Å². The molecule has 1 amide bonds. The van der Waals surface area contributed by atoms with Crippen LogP contribution in [0.4, 0.5) is 4.79 Å². The van der Waals surface area contributed by atoms with Gasteiger partial charge in [0, 0.05) is 19.1 Å². The SMILES string of the molecule is CC[C@@H]1CN(C(=O)OC(C)(C)C)C[C@@H]1NC. The molecule has 1 fully saturated rings. The molecule has 0 saturated carbocycles. The quantitative estimate of drug-likeness (QED) is 0.784. The van der Waals surface area contributed by atoms with E-state index in [1.165, 1.54) is 0 Å². The van der Waals surface area contributed by atoms with Gasteiger partial charge in [0.15, 0.2) is 0 Å². The van der Waals surface area contributed by atoms with Crippen LogP contribution in [-0.4, -0.2) is 42.8 Å². The highest BCUT2D eigenvalue weighted by Gasteiger charge is 2.35. The zero-order chi connectivity index (χ0) is 12.3. The minimum atomic E-state index is -0.406. The van der Waals surface area contributed by atoms with Crippen molar-refractivity contribution in [1.82, 2.24) is 10.2 Å². The van der Waals surface area contributed by atoms with Crippen LogP contribution in [0.25, 0.3) is 0 Å². The third-order valence-electron chi connectivity index (χ3n) is 2.99. The Hall–Kier alpha value is -0.770. The zero-order valence-corrected chi connectivity index (χ0v) is 11.0. The average Bonchev–Trinajstić information content (AvgIpc) is 2.57. The predicted octanol–water partition coefficient (Wildman–Crippen LogP) is 1.85. The van der Waals surface area contributed by atoms with Crippen molar-refractivity contribution in [3.8, 4) is 0 Å². The predicted molar refractivity (Wildman–Crippen MR) is 64.4 cm³/mol. The molecule has 0 radical (unpaired) electrons. The molecular formula is C12H24N2O2. The summed E-state index contributed by atoms with van der Waals surface area (Å²) in [5, 5.41) is 3.26. The lowest BCUT2D eigenvalue weighted by Crippen LogP contribution is -2.37. The highest BCUT2D eigenvalue weighted by Crippen LogP contribution is 2.22. The van der Waals surface area contributed by atoms with Crippen LogP contribution >= 0.6 is 0 Å². The molecule has 0 aliphatic carbocycles. The van der Waals surface area contributed by atoms with Crippen molar-refractivity contribution >= 4 is 6.09 Å². The highest BCUT2D eigenvalue weighted by molar-refractivity contribution is 5.68. The Morgan fingerprint density at radius 3 is 2.44 bits per heavy atom. The number of nitrogens with one attached hydrogen (secondary N) is 1. The van der Waals surface area contributed by atoms with Crippen LogP contribution in [-0.2, 0) is 4.74 Å². The van der Waals surface area contributed by atoms with Gasteiger partial charge in [0.25, 0.3) is 0 Å². The Bertz CT molecular complexity index is 236. The summed E-state index contributed by atoms with van der Waals surface area (Å²) in [6.07, 6.45) is 0.897. The summed E-state index contributed by atoms with van der Waals surface area (Å²) in [5.41, 5.74) is -0.406. The zero-order valence-electron chi connectivity index (χ0n) is 11.0. The first kappa shape index (κ1) is 13.3. The molecule has 1 aliphatic heterocycles. The summed E-state index contributed by atoms with van der Waals surface area (Å²) in [5.74, 6) is 0.539. The van der Waals surface area contributed by atoms with Crippen LogP contribution in [0.2, 0.25) is 0 Å². The fourth-order valence-corrected chi connectivity index (χ4v) is 2.09. The van der Waals surface area contributed by atoms with Gasteiger partial charge in [0.05, 0.1) is 0 Å². The van der Waals surface area contributed by atoms with Gasteiger partial charge in [-0.15, -0.1) is 0 Å². The number of carbonyl (C=O) groups is 1. The van der Waals surface area contributed by atoms with Crippen molar-refractivity contribution < 1.29 is 9.53 Å². The molecule has 94 valence electrons. The second-order valence-electron chi connectivity index (χ2n) is 5.45. The van der Waals surface area contributed by atoms with E-state index in [9.17, 15) is 4.79 Å². The number of nitrogens with zero attached hydrogens (tertiary/aromatic N) is 1. The van der Waals surface area contributed by atoms with E-state index >= 15 is 0 Å². The summed E-state index contributed by atoms with van der Waals surface area (Å²) < 4.78 is 5.37. The van der Waals surface area contributed by atoms with E-state index in [-0.39, 0.29) is 6.09 Å². The molecule has 1 heterocycles. The van der Waals surface area contributed by atoms with Crippen molar-refractivity contribution in [3.05, 3.63) is 0 Å². The first-order chi connectivity index (χ1) is 7.37.